The van der Waals surface area contributed by atoms with Crippen molar-refractivity contribution in [2.24, 2.45) is 5.92 Å². The number of carbonyl (C=O) groups is 1. The molecule has 0 bridgehead atoms. The van der Waals surface area contributed by atoms with Crippen LogP contribution in [0.2, 0.25) is 0 Å². The molecule has 4 heterocycles. The minimum Gasteiger partial charge on any atom is -0.351 e. The summed E-state index contributed by atoms with van der Waals surface area (Å²) in [4.78, 5) is 36.4. The Morgan fingerprint density at radius 1 is 1.24 bits per heavy atom. The van der Waals surface area contributed by atoms with Crippen molar-refractivity contribution in [3.05, 3.63) is 58.0 Å². The van der Waals surface area contributed by atoms with E-state index in [9.17, 15) is 9.59 Å². The van der Waals surface area contributed by atoms with Gasteiger partial charge < -0.3 is 14.8 Å². The molecule has 152 valence electrons. The fourth-order valence-corrected chi connectivity index (χ4v) is 4.80. The van der Waals surface area contributed by atoms with E-state index in [1.54, 1.807) is 12.4 Å². The third kappa shape index (κ3) is 3.71. The molecule has 5 rings (SSSR count). The van der Waals surface area contributed by atoms with Gasteiger partial charge in [-0.05, 0) is 50.3 Å². The average molecular weight is 393 g/mol. The molecule has 0 radical (unpaired) electrons. The Kier molecular flexibility index (Phi) is 4.70. The number of nitrogens with zero attached hydrogens (tertiary/aromatic N) is 4. The molecule has 1 aliphatic carbocycles. The van der Waals surface area contributed by atoms with Gasteiger partial charge in [0.25, 0.3) is 11.5 Å². The smallest absolute Gasteiger partial charge is 0.285 e. The predicted octanol–water partition coefficient (Wildman–Crippen LogP) is 1.37. The van der Waals surface area contributed by atoms with Crippen molar-refractivity contribution in [1.82, 2.24) is 24.8 Å². The van der Waals surface area contributed by atoms with Crippen LogP contribution < -0.4 is 10.9 Å². The number of rotatable bonds is 6. The van der Waals surface area contributed by atoms with Crippen LogP contribution in [0.5, 0.6) is 0 Å². The Labute approximate surface area is 170 Å². The maximum atomic E-state index is 12.7. The van der Waals surface area contributed by atoms with Crippen LogP contribution in [0.15, 0.2) is 35.4 Å². The number of fused-ring (bicyclic) bond motifs is 2. The number of likely N-dealkylation sites (tertiary alicyclic amines) is 1. The van der Waals surface area contributed by atoms with Gasteiger partial charge in [0.15, 0.2) is 0 Å². The molecule has 1 N–H and O–H groups in total. The highest BCUT2D eigenvalue weighted by Gasteiger charge is 2.46. The van der Waals surface area contributed by atoms with E-state index in [1.807, 2.05) is 22.8 Å². The minimum atomic E-state index is -0.409. The molecule has 7 nitrogen and oxygen atoms in total. The quantitative estimate of drug-likeness (QED) is 0.802. The lowest BCUT2D eigenvalue weighted by Crippen LogP contribution is -2.36. The van der Waals surface area contributed by atoms with Crippen LogP contribution in [-0.4, -0.2) is 51.5 Å². The first-order chi connectivity index (χ1) is 14.1. The summed E-state index contributed by atoms with van der Waals surface area (Å²) >= 11 is 0. The first-order valence-electron chi connectivity index (χ1n) is 10.7. The summed E-state index contributed by atoms with van der Waals surface area (Å²) in [5, 5.41) is 2.84. The Balaban J connectivity index is 1.27. The highest BCUT2D eigenvalue weighted by molar-refractivity contribution is 5.93. The first-order valence-corrected chi connectivity index (χ1v) is 10.7. The molecule has 2 aliphatic heterocycles. The Hall–Kier alpha value is -2.54. The van der Waals surface area contributed by atoms with Crippen LogP contribution >= 0.6 is 0 Å². The summed E-state index contributed by atoms with van der Waals surface area (Å²) in [6.07, 6.45) is 8.87. The van der Waals surface area contributed by atoms with Crippen LogP contribution in [0, 0.1) is 5.92 Å². The van der Waals surface area contributed by atoms with Crippen molar-refractivity contribution >= 4 is 5.91 Å². The van der Waals surface area contributed by atoms with Gasteiger partial charge in [-0.1, -0.05) is 6.07 Å². The van der Waals surface area contributed by atoms with E-state index in [2.05, 4.69) is 20.2 Å². The SMILES string of the molecule is O=C(NCCc1ccccn1)c1cn2c(nc1=O)[C@@]1(CCN(CC3CC3)C1)CC2. The van der Waals surface area contributed by atoms with E-state index in [1.165, 1.54) is 19.4 Å². The number of pyridine rings is 1. The summed E-state index contributed by atoms with van der Waals surface area (Å²) in [5.74, 6) is 1.40. The number of hydrogen-bond donors (Lipinski definition) is 1. The lowest BCUT2D eigenvalue weighted by molar-refractivity contribution is 0.0951. The molecule has 1 spiro atoms. The van der Waals surface area contributed by atoms with Crippen LogP contribution in [0.25, 0.3) is 0 Å². The van der Waals surface area contributed by atoms with Crippen LogP contribution in [0.1, 0.15) is 47.6 Å². The Morgan fingerprint density at radius 2 is 2.10 bits per heavy atom. The number of aromatic nitrogens is 3. The maximum absolute atomic E-state index is 12.7. The van der Waals surface area contributed by atoms with Crippen LogP contribution in [0.3, 0.4) is 0 Å². The largest absolute Gasteiger partial charge is 0.351 e. The average Bonchev–Trinajstić information content (AvgIpc) is 3.35. The van der Waals surface area contributed by atoms with Crippen molar-refractivity contribution in [1.29, 1.82) is 0 Å². The molecule has 2 aromatic rings. The second-order valence-electron chi connectivity index (χ2n) is 8.76. The fraction of sp³-hybridized carbons (Fsp3) is 0.545. The lowest BCUT2D eigenvalue weighted by atomic mass is 9.85. The van der Waals surface area contributed by atoms with E-state index in [-0.39, 0.29) is 16.9 Å². The molecular formula is C22H27N5O2. The zero-order valence-corrected chi connectivity index (χ0v) is 16.6. The van der Waals surface area contributed by atoms with E-state index in [4.69, 9.17) is 0 Å². The summed E-state index contributed by atoms with van der Waals surface area (Å²) in [5.41, 5.74) is 0.630. The van der Waals surface area contributed by atoms with Crippen molar-refractivity contribution in [2.75, 3.05) is 26.2 Å². The van der Waals surface area contributed by atoms with Gasteiger partial charge in [0.1, 0.15) is 11.4 Å². The zero-order valence-electron chi connectivity index (χ0n) is 16.6. The zero-order chi connectivity index (χ0) is 19.8. The van der Waals surface area contributed by atoms with Gasteiger partial charge in [-0.15, -0.1) is 0 Å². The standard InChI is InChI=1S/C22H27N5O2/c28-19(24-10-6-17-3-1-2-9-23-17)18-14-27-12-8-22(21(27)25-20(18)29)7-11-26(15-22)13-16-4-5-16/h1-3,9,14,16H,4-8,10-13,15H2,(H,24,28)/t22-/m0/s1. The normalized spacial score (nSPS) is 23.4. The van der Waals surface area contributed by atoms with Gasteiger partial charge in [0, 0.05) is 56.1 Å². The molecule has 7 heteroatoms. The fourth-order valence-electron chi connectivity index (χ4n) is 4.80. The Morgan fingerprint density at radius 3 is 2.90 bits per heavy atom. The summed E-state index contributed by atoms with van der Waals surface area (Å²) in [6, 6.07) is 5.71. The molecule has 3 aliphatic rings. The van der Waals surface area contributed by atoms with Crippen molar-refractivity contribution in [3.63, 3.8) is 0 Å². The molecule has 2 fully saturated rings. The summed E-state index contributed by atoms with van der Waals surface area (Å²) in [7, 11) is 0. The number of nitrogens with one attached hydrogen (secondary N) is 1. The van der Waals surface area contributed by atoms with Gasteiger partial charge in [0.05, 0.1) is 0 Å². The third-order valence-corrected chi connectivity index (χ3v) is 6.58. The van der Waals surface area contributed by atoms with Crippen molar-refractivity contribution in [3.8, 4) is 0 Å². The van der Waals surface area contributed by atoms with Gasteiger partial charge in [-0.2, -0.15) is 4.98 Å². The van der Waals surface area contributed by atoms with Gasteiger partial charge >= 0.3 is 0 Å². The molecular weight excluding hydrogens is 366 g/mol. The van der Waals surface area contributed by atoms with Crippen LogP contribution in [-0.2, 0) is 18.4 Å². The van der Waals surface area contributed by atoms with E-state index in [0.717, 1.165) is 49.9 Å². The molecule has 0 unspecified atom stereocenters. The summed E-state index contributed by atoms with van der Waals surface area (Å²) < 4.78 is 2.04. The molecule has 29 heavy (non-hydrogen) atoms. The van der Waals surface area contributed by atoms with E-state index >= 15 is 0 Å². The van der Waals surface area contributed by atoms with Gasteiger partial charge in [-0.25, -0.2) is 0 Å². The van der Waals surface area contributed by atoms with Crippen LogP contribution in [0.4, 0.5) is 0 Å². The third-order valence-electron chi connectivity index (χ3n) is 6.58. The van der Waals surface area contributed by atoms with Gasteiger partial charge in [0.2, 0.25) is 0 Å². The molecule has 1 amide bonds. The minimum absolute atomic E-state index is 0.0119. The second-order valence-corrected chi connectivity index (χ2v) is 8.76. The molecule has 1 saturated heterocycles. The number of carbonyl (C=O) groups excluding carboxylic acids is 1. The molecule has 1 atom stereocenters. The second kappa shape index (κ2) is 7.37. The van der Waals surface area contributed by atoms with Gasteiger partial charge in [-0.3, -0.25) is 14.6 Å². The topological polar surface area (TPSA) is 80.1 Å². The maximum Gasteiger partial charge on any atom is 0.285 e. The first kappa shape index (κ1) is 18.5. The van der Waals surface area contributed by atoms with Crippen molar-refractivity contribution < 1.29 is 4.79 Å². The molecule has 0 aromatic carbocycles. The highest BCUT2D eigenvalue weighted by atomic mass is 16.2. The number of hydrogen-bond acceptors (Lipinski definition) is 5. The molecule has 2 aromatic heterocycles. The van der Waals surface area contributed by atoms with Crippen molar-refractivity contribution in [2.45, 2.75) is 44.1 Å². The Bertz CT molecular complexity index is 969. The highest BCUT2D eigenvalue weighted by Crippen LogP contribution is 2.42. The monoisotopic (exact) mass is 393 g/mol. The number of amides is 1. The molecule has 1 saturated carbocycles. The predicted molar refractivity (Wildman–Crippen MR) is 109 cm³/mol. The van der Waals surface area contributed by atoms with E-state index < -0.39 is 5.56 Å². The number of aryl methyl sites for hydroxylation is 1. The summed E-state index contributed by atoms with van der Waals surface area (Å²) in [6.45, 7) is 4.53. The van der Waals surface area contributed by atoms with E-state index in [0.29, 0.717) is 13.0 Å². The lowest BCUT2D eigenvalue weighted by Gasteiger charge is -2.23.